The van der Waals surface area contributed by atoms with Gasteiger partial charge in [0.15, 0.2) is 0 Å². The monoisotopic (exact) mass is 366 g/mol. The molecule has 4 heterocycles. The predicted molar refractivity (Wildman–Crippen MR) is 100 cm³/mol. The first-order valence-corrected chi connectivity index (χ1v) is 9.00. The first-order chi connectivity index (χ1) is 13.0. The SMILES string of the molecule is CC(=O)NCc1cc2n(n1)CCN(Cc1cc(=O)n3c(C)cccc3n1)C2. The van der Waals surface area contributed by atoms with E-state index in [-0.39, 0.29) is 11.5 Å². The van der Waals surface area contributed by atoms with Gasteiger partial charge in [0.05, 0.1) is 30.2 Å². The van der Waals surface area contributed by atoms with Crippen LogP contribution < -0.4 is 10.9 Å². The van der Waals surface area contributed by atoms with Crippen LogP contribution in [0.25, 0.3) is 5.65 Å². The lowest BCUT2D eigenvalue weighted by Gasteiger charge is -2.27. The zero-order valence-electron chi connectivity index (χ0n) is 15.5. The highest BCUT2D eigenvalue weighted by atomic mass is 16.1. The van der Waals surface area contributed by atoms with E-state index in [2.05, 4.69) is 20.3 Å². The van der Waals surface area contributed by atoms with Crippen molar-refractivity contribution in [3.05, 3.63) is 63.5 Å². The summed E-state index contributed by atoms with van der Waals surface area (Å²) >= 11 is 0. The van der Waals surface area contributed by atoms with Gasteiger partial charge in [-0.15, -0.1) is 0 Å². The van der Waals surface area contributed by atoms with Crippen LogP contribution in [0.1, 0.15) is 29.7 Å². The Labute approximate surface area is 156 Å². The lowest BCUT2D eigenvalue weighted by Crippen LogP contribution is -2.34. The molecule has 1 aliphatic rings. The molecule has 3 aromatic heterocycles. The van der Waals surface area contributed by atoms with Gasteiger partial charge in [-0.25, -0.2) is 4.98 Å². The molecule has 1 N–H and O–H groups in total. The summed E-state index contributed by atoms with van der Waals surface area (Å²) in [6.07, 6.45) is 0. The molecule has 1 aliphatic heterocycles. The van der Waals surface area contributed by atoms with Crippen molar-refractivity contribution in [1.29, 1.82) is 0 Å². The second kappa shape index (κ2) is 6.96. The Hall–Kier alpha value is -3.00. The van der Waals surface area contributed by atoms with Crippen LogP contribution >= 0.6 is 0 Å². The second-order valence-electron chi connectivity index (χ2n) is 6.92. The van der Waals surface area contributed by atoms with Crippen LogP contribution in [-0.4, -0.2) is 36.5 Å². The number of hydrogen-bond donors (Lipinski definition) is 1. The molecule has 27 heavy (non-hydrogen) atoms. The maximum absolute atomic E-state index is 12.4. The van der Waals surface area contributed by atoms with Gasteiger partial charge in [0.1, 0.15) is 5.65 Å². The summed E-state index contributed by atoms with van der Waals surface area (Å²) in [4.78, 5) is 30.4. The molecule has 140 valence electrons. The van der Waals surface area contributed by atoms with Gasteiger partial charge >= 0.3 is 0 Å². The van der Waals surface area contributed by atoms with E-state index in [4.69, 9.17) is 0 Å². The van der Waals surface area contributed by atoms with Gasteiger partial charge in [-0.2, -0.15) is 5.10 Å². The van der Waals surface area contributed by atoms with Crippen LogP contribution in [0, 0.1) is 6.92 Å². The quantitative estimate of drug-likeness (QED) is 0.740. The third kappa shape index (κ3) is 3.61. The molecule has 3 aromatic rings. The van der Waals surface area contributed by atoms with Crippen molar-refractivity contribution < 1.29 is 4.79 Å². The number of aryl methyl sites for hydroxylation is 1. The molecule has 0 aromatic carbocycles. The van der Waals surface area contributed by atoms with Crippen molar-refractivity contribution in [3.8, 4) is 0 Å². The molecule has 0 spiro atoms. The van der Waals surface area contributed by atoms with Crippen LogP contribution in [0.2, 0.25) is 0 Å². The number of aromatic nitrogens is 4. The normalized spacial score (nSPS) is 14.3. The second-order valence-corrected chi connectivity index (χ2v) is 6.92. The first kappa shape index (κ1) is 17.4. The Morgan fingerprint density at radius 2 is 2.07 bits per heavy atom. The van der Waals surface area contributed by atoms with Gasteiger partial charge < -0.3 is 5.32 Å². The summed E-state index contributed by atoms with van der Waals surface area (Å²) in [5, 5.41) is 7.31. The molecule has 0 saturated heterocycles. The van der Waals surface area contributed by atoms with Gasteiger partial charge in [-0.05, 0) is 25.1 Å². The van der Waals surface area contributed by atoms with E-state index in [0.29, 0.717) is 18.7 Å². The molecular weight excluding hydrogens is 344 g/mol. The third-order valence-corrected chi connectivity index (χ3v) is 4.76. The van der Waals surface area contributed by atoms with Crippen LogP contribution in [0.5, 0.6) is 0 Å². The van der Waals surface area contributed by atoms with Crippen LogP contribution in [0.3, 0.4) is 0 Å². The Kier molecular flexibility index (Phi) is 4.49. The molecule has 0 atom stereocenters. The molecule has 4 rings (SSSR count). The zero-order valence-corrected chi connectivity index (χ0v) is 15.5. The van der Waals surface area contributed by atoms with Crippen molar-refractivity contribution in [2.45, 2.75) is 40.0 Å². The number of carbonyl (C=O) groups is 1. The number of nitrogens with zero attached hydrogens (tertiary/aromatic N) is 5. The fourth-order valence-electron chi connectivity index (χ4n) is 3.49. The number of rotatable bonds is 4. The van der Waals surface area contributed by atoms with Gasteiger partial charge in [-0.1, -0.05) is 6.07 Å². The minimum absolute atomic E-state index is 0.0484. The van der Waals surface area contributed by atoms with Crippen molar-refractivity contribution >= 4 is 11.6 Å². The highest BCUT2D eigenvalue weighted by Crippen LogP contribution is 2.16. The van der Waals surface area contributed by atoms with Gasteiger partial charge in [0.2, 0.25) is 5.91 Å². The summed E-state index contributed by atoms with van der Waals surface area (Å²) < 4.78 is 3.61. The highest BCUT2D eigenvalue weighted by Gasteiger charge is 2.19. The lowest BCUT2D eigenvalue weighted by atomic mass is 10.2. The third-order valence-electron chi connectivity index (χ3n) is 4.76. The van der Waals surface area contributed by atoms with Gasteiger partial charge in [-0.3, -0.25) is 23.6 Å². The maximum atomic E-state index is 12.4. The molecule has 8 nitrogen and oxygen atoms in total. The lowest BCUT2D eigenvalue weighted by molar-refractivity contribution is -0.119. The summed E-state index contributed by atoms with van der Waals surface area (Å²) in [5.74, 6) is -0.0634. The largest absolute Gasteiger partial charge is 0.351 e. The van der Waals surface area contributed by atoms with E-state index in [1.165, 1.54) is 6.92 Å². The molecule has 0 aliphatic carbocycles. The fraction of sp³-hybridized carbons (Fsp3) is 0.368. The fourth-order valence-corrected chi connectivity index (χ4v) is 3.49. The summed E-state index contributed by atoms with van der Waals surface area (Å²) in [5.41, 5.74) is 4.25. The van der Waals surface area contributed by atoms with E-state index in [1.807, 2.05) is 35.9 Å². The van der Waals surface area contributed by atoms with E-state index in [9.17, 15) is 9.59 Å². The van der Waals surface area contributed by atoms with Crippen molar-refractivity contribution in [2.24, 2.45) is 0 Å². The van der Waals surface area contributed by atoms with Crippen LogP contribution in [0.4, 0.5) is 0 Å². The molecule has 0 bridgehead atoms. The number of nitrogens with one attached hydrogen (secondary N) is 1. The van der Waals surface area contributed by atoms with Crippen molar-refractivity contribution in [1.82, 2.24) is 29.4 Å². The van der Waals surface area contributed by atoms with Gasteiger partial charge in [0.25, 0.3) is 5.56 Å². The Morgan fingerprint density at radius 1 is 1.22 bits per heavy atom. The van der Waals surface area contributed by atoms with Crippen molar-refractivity contribution in [2.75, 3.05) is 6.54 Å². The minimum Gasteiger partial charge on any atom is -0.351 e. The average molecular weight is 366 g/mol. The van der Waals surface area contributed by atoms with E-state index < -0.39 is 0 Å². The standard InChI is InChI=1S/C19H22N6O2/c1-13-4-3-5-18-21-16(9-19(27)25(13)18)11-23-6-7-24-17(12-23)8-15(22-24)10-20-14(2)26/h3-5,8-9H,6-7,10-12H2,1-2H3,(H,20,26). The summed E-state index contributed by atoms with van der Waals surface area (Å²) in [6.45, 7) is 6.81. The summed E-state index contributed by atoms with van der Waals surface area (Å²) in [7, 11) is 0. The molecule has 1 amide bonds. The number of carbonyl (C=O) groups excluding carboxylic acids is 1. The molecule has 8 heteroatoms. The zero-order chi connectivity index (χ0) is 19.0. The van der Waals surface area contributed by atoms with E-state index in [0.717, 1.165) is 42.4 Å². The topological polar surface area (TPSA) is 84.5 Å². The van der Waals surface area contributed by atoms with Crippen molar-refractivity contribution in [3.63, 3.8) is 0 Å². The smallest absolute Gasteiger partial charge is 0.258 e. The van der Waals surface area contributed by atoms with Gasteiger partial charge in [0, 0.05) is 38.3 Å². The number of pyridine rings is 1. The molecule has 0 saturated carbocycles. The van der Waals surface area contributed by atoms with E-state index in [1.54, 1.807) is 10.5 Å². The van der Waals surface area contributed by atoms with E-state index >= 15 is 0 Å². The minimum atomic E-state index is -0.0634. The number of fused-ring (bicyclic) bond motifs is 2. The Morgan fingerprint density at radius 3 is 2.89 bits per heavy atom. The highest BCUT2D eigenvalue weighted by molar-refractivity contribution is 5.72. The maximum Gasteiger partial charge on any atom is 0.258 e. The number of amides is 1. The predicted octanol–water partition coefficient (Wildman–Crippen LogP) is 0.851. The molecular formula is C19H22N6O2. The summed E-state index contributed by atoms with van der Waals surface area (Å²) in [6, 6.07) is 9.32. The Bertz CT molecular complexity index is 1070. The first-order valence-electron chi connectivity index (χ1n) is 9.00. The number of hydrogen-bond acceptors (Lipinski definition) is 5. The van der Waals surface area contributed by atoms with Crippen LogP contribution in [-0.2, 0) is 31.0 Å². The molecule has 0 fully saturated rings. The Balaban J connectivity index is 1.51. The van der Waals surface area contributed by atoms with Crippen LogP contribution in [0.15, 0.2) is 35.1 Å². The average Bonchev–Trinajstić information content (AvgIpc) is 3.02. The molecule has 0 radical (unpaired) electrons. The molecule has 0 unspecified atom stereocenters.